The normalized spacial score (nSPS) is 10.1. The molecule has 0 aliphatic rings. The Morgan fingerprint density at radius 3 is 2.74 bits per heavy atom. The van der Waals surface area contributed by atoms with Crippen molar-refractivity contribution in [3.63, 3.8) is 0 Å². The number of hydrogen-bond acceptors (Lipinski definition) is 5. The standard InChI is InChI=1S/C12H12F2N2O3/c1-3-19-10(17)4-7-8(5-15)12(18-2)16-6-9(7)11(13)14/h6,11H,3-4H2,1-2H3. The fraction of sp³-hybridized carbons (Fsp3) is 0.417. The van der Waals surface area contributed by atoms with E-state index in [9.17, 15) is 13.6 Å². The quantitative estimate of drug-likeness (QED) is 0.765. The molecule has 0 saturated heterocycles. The monoisotopic (exact) mass is 270 g/mol. The van der Waals surface area contributed by atoms with Crippen LogP contribution in [0.4, 0.5) is 8.78 Å². The first-order valence-corrected chi connectivity index (χ1v) is 5.44. The number of rotatable bonds is 5. The van der Waals surface area contributed by atoms with E-state index in [1.807, 2.05) is 0 Å². The summed E-state index contributed by atoms with van der Waals surface area (Å²) in [7, 11) is 1.26. The van der Waals surface area contributed by atoms with E-state index in [0.29, 0.717) is 0 Å². The summed E-state index contributed by atoms with van der Waals surface area (Å²) in [4.78, 5) is 15.0. The Hall–Kier alpha value is -2.23. The summed E-state index contributed by atoms with van der Waals surface area (Å²) in [6.45, 7) is 1.73. The van der Waals surface area contributed by atoms with E-state index in [4.69, 9.17) is 14.7 Å². The number of nitrogens with zero attached hydrogens (tertiary/aromatic N) is 2. The molecule has 0 aromatic carbocycles. The van der Waals surface area contributed by atoms with E-state index in [2.05, 4.69) is 4.98 Å². The number of halogens is 2. The molecular formula is C12H12F2N2O3. The molecule has 0 aliphatic heterocycles. The van der Waals surface area contributed by atoms with Crippen molar-refractivity contribution in [2.75, 3.05) is 13.7 Å². The minimum absolute atomic E-state index is 0.0915. The summed E-state index contributed by atoms with van der Waals surface area (Å²) < 4.78 is 35.3. The molecule has 0 radical (unpaired) electrons. The lowest BCUT2D eigenvalue weighted by Crippen LogP contribution is -2.12. The van der Waals surface area contributed by atoms with Crippen LogP contribution in [0.5, 0.6) is 5.88 Å². The van der Waals surface area contributed by atoms with Crippen molar-refractivity contribution in [1.82, 2.24) is 4.98 Å². The van der Waals surface area contributed by atoms with E-state index in [1.165, 1.54) is 7.11 Å². The van der Waals surface area contributed by atoms with E-state index >= 15 is 0 Å². The van der Waals surface area contributed by atoms with Gasteiger partial charge in [-0.15, -0.1) is 0 Å². The van der Waals surface area contributed by atoms with Gasteiger partial charge in [-0.2, -0.15) is 5.26 Å². The van der Waals surface area contributed by atoms with Gasteiger partial charge in [-0.05, 0) is 12.5 Å². The first kappa shape index (κ1) is 14.8. The Morgan fingerprint density at radius 1 is 1.58 bits per heavy atom. The zero-order valence-electron chi connectivity index (χ0n) is 10.4. The third-order valence-electron chi connectivity index (χ3n) is 2.35. The van der Waals surface area contributed by atoms with Crippen molar-refractivity contribution in [2.45, 2.75) is 19.8 Å². The molecule has 0 fully saturated rings. The van der Waals surface area contributed by atoms with Crippen LogP contribution >= 0.6 is 0 Å². The number of ether oxygens (including phenoxy) is 2. The molecule has 0 saturated carbocycles. The molecule has 102 valence electrons. The Balaban J connectivity index is 3.30. The molecule has 0 spiro atoms. The third kappa shape index (κ3) is 3.37. The highest BCUT2D eigenvalue weighted by molar-refractivity contribution is 5.74. The maximum Gasteiger partial charge on any atom is 0.310 e. The molecule has 1 heterocycles. The molecular weight excluding hydrogens is 258 g/mol. The Kier molecular flexibility index (Phi) is 5.18. The smallest absolute Gasteiger partial charge is 0.310 e. The number of esters is 1. The van der Waals surface area contributed by atoms with E-state index in [0.717, 1.165) is 6.20 Å². The van der Waals surface area contributed by atoms with Crippen molar-refractivity contribution < 1.29 is 23.0 Å². The van der Waals surface area contributed by atoms with Gasteiger partial charge in [-0.25, -0.2) is 13.8 Å². The highest BCUT2D eigenvalue weighted by Gasteiger charge is 2.23. The summed E-state index contributed by atoms with van der Waals surface area (Å²) in [6.07, 6.45) is -2.36. The Labute approximate surface area is 108 Å². The summed E-state index contributed by atoms with van der Waals surface area (Å²) in [6, 6.07) is 1.73. The van der Waals surface area contributed by atoms with Gasteiger partial charge in [0, 0.05) is 11.8 Å². The average Bonchev–Trinajstić information content (AvgIpc) is 2.37. The lowest BCUT2D eigenvalue weighted by molar-refractivity contribution is -0.142. The predicted octanol–water partition coefficient (Wildman–Crippen LogP) is 2.01. The van der Waals surface area contributed by atoms with Crippen LogP contribution in [0.25, 0.3) is 0 Å². The van der Waals surface area contributed by atoms with Gasteiger partial charge in [-0.3, -0.25) is 4.79 Å². The maximum absolute atomic E-state index is 12.9. The molecule has 0 N–H and O–H groups in total. The maximum atomic E-state index is 12.9. The Bertz CT molecular complexity index is 512. The Morgan fingerprint density at radius 2 is 2.26 bits per heavy atom. The molecule has 0 atom stereocenters. The van der Waals surface area contributed by atoms with Crippen LogP contribution in [0.1, 0.15) is 30.0 Å². The molecule has 19 heavy (non-hydrogen) atoms. The van der Waals surface area contributed by atoms with Gasteiger partial charge in [0.25, 0.3) is 6.43 Å². The minimum Gasteiger partial charge on any atom is -0.480 e. The second-order valence-corrected chi connectivity index (χ2v) is 3.47. The van der Waals surface area contributed by atoms with Gasteiger partial charge in [0.15, 0.2) is 0 Å². The second-order valence-electron chi connectivity index (χ2n) is 3.47. The number of aromatic nitrogens is 1. The van der Waals surface area contributed by atoms with Crippen LogP contribution < -0.4 is 4.74 Å². The van der Waals surface area contributed by atoms with Gasteiger partial charge < -0.3 is 9.47 Å². The summed E-state index contributed by atoms with van der Waals surface area (Å²) in [5.41, 5.74) is -0.749. The highest BCUT2D eigenvalue weighted by atomic mass is 19.3. The lowest BCUT2D eigenvalue weighted by atomic mass is 10.0. The van der Waals surface area contributed by atoms with Crippen LogP contribution in [0.15, 0.2) is 6.20 Å². The lowest BCUT2D eigenvalue weighted by Gasteiger charge is -2.12. The molecule has 0 bridgehead atoms. The van der Waals surface area contributed by atoms with Gasteiger partial charge in [-0.1, -0.05) is 0 Å². The van der Waals surface area contributed by atoms with Crippen molar-refractivity contribution in [1.29, 1.82) is 5.26 Å². The largest absolute Gasteiger partial charge is 0.480 e. The van der Waals surface area contributed by atoms with E-state index in [1.54, 1.807) is 13.0 Å². The van der Waals surface area contributed by atoms with Crippen molar-refractivity contribution in [3.8, 4) is 11.9 Å². The number of nitriles is 1. The molecule has 1 rings (SSSR count). The number of carbonyl (C=O) groups is 1. The molecule has 5 nitrogen and oxygen atoms in total. The summed E-state index contributed by atoms with van der Waals surface area (Å²) >= 11 is 0. The average molecular weight is 270 g/mol. The van der Waals surface area contributed by atoms with Gasteiger partial charge in [0.2, 0.25) is 5.88 Å². The summed E-state index contributed by atoms with van der Waals surface area (Å²) in [5.74, 6) is -0.777. The third-order valence-corrected chi connectivity index (χ3v) is 2.35. The number of hydrogen-bond donors (Lipinski definition) is 0. The second kappa shape index (κ2) is 6.64. The number of carbonyl (C=O) groups excluding carboxylic acids is 1. The predicted molar refractivity (Wildman–Crippen MR) is 60.8 cm³/mol. The first-order valence-electron chi connectivity index (χ1n) is 5.44. The molecule has 0 amide bonds. The van der Waals surface area contributed by atoms with E-state index in [-0.39, 0.29) is 23.6 Å². The molecule has 1 aromatic rings. The topological polar surface area (TPSA) is 72.2 Å². The van der Waals surface area contributed by atoms with E-state index < -0.39 is 24.4 Å². The number of alkyl halides is 2. The number of pyridine rings is 1. The van der Waals surface area contributed by atoms with Crippen LogP contribution in [-0.2, 0) is 16.0 Å². The fourth-order valence-corrected chi connectivity index (χ4v) is 1.55. The zero-order chi connectivity index (χ0) is 14.4. The number of methoxy groups -OCH3 is 1. The fourth-order valence-electron chi connectivity index (χ4n) is 1.55. The molecule has 0 aliphatic carbocycles. The van der Waals surface area contributed by atoms with Gasteiger partial charge in [0.05, 0.1) is 20.1 Å². The molecule has 1 aromatic heterocycles. The van der Waals surface area contributed by atoms with Gasteiger partial charge >= 0.3 is 5.97 Å². The minimum atomic E-state index is -2.84. The van der Waals surface area contributed by atoms with Crippen LogP contribution in [0.3, 0.4) is 0 Å². The molecule has 7 heteroatoms. The van der Waals surface area contributed by atoms with Crippen LogP contribution in [-0.4, -0.2) is 24.7 Å². The zero-order valence-corrected chi connectivity index (χ0v) is 10.4. The highest BCUT2D eigenvalue weighted by Crippen LogP contribution is 2.29. The van der Waals surface area contributed by atoms with Crippen LogP contribution in [0.2, 0.25) is 0 Å². The van der Waals surface area contributed by atoms with Crippen molar-refractivity contribution >= 4 is 5.97 Å². The summed E-state index contributed by atoms with van der Waals surface area (Å²) in [5, 5.41) is 9.01. The SMILES string of the molecule is CCOC(=O)Cc1c(C(F)F)cnc(OC)c1C#N. The molecule has 0 unspecified atom stereocenters. The van der Waals surface area contributed by atoms with Crippen molar-refractivity contribution in [2.24, 2.45) is 0 Å². The van der Waals surface area contributed by atoms with Gasteiger partial charge in [0.1, 0.15) is 11.6 Å². The van der Waals surface area contributed by atoms with Crippen molar-refractivity contribution in [3.05, 3.63) is 22.9 Å². The first-order chi connectivity index (χ1) is 9.04. The van der Waals surface area contributed by atoms with Crippen LogP contribution in [0, 0.1) is 11.3 Å².